The summed E-state index contributed by atoms with van der Waals surface area (Å²) in [5, 5.41) is 13.9. The number of nitrogens with zero attached hydrogens (tertiary/aromatic N) is 2. The molecule has 0 aliphatic rings. The topological polar surface area (TPSA) is 184 Å². The molecule has 0 aliphatic heterocycles. The zero-order valence-electron chi connectivity index (χ0n) is 31.7. The number of aryl methyl sites for hydroxylation is 1. The number of ether oxygens (including phenoxy) is 1. The monoisotopic (exact) mass is 844 g/mol. The highest BCUT2D eigenvalue weighted by Crippen LogP contribution is 2.41. The number of carbonyl (C=O) groups is 1. The van der Waals surface area contributed by atoms with Crippen LogP contribution < -0.4 is 10.1 Å². The average Bonchev–Trinajstić information content (AvgIpc) is 3.83. The van der Waals surface area contributed by atoms with E-state index in [1.165, 1.54) is 62.7 Å². The van der Waals surface area contributed by atoms with Crippen LogP contribution in [0.3, 0.4) is 0 Å². The first-order chi connectivity index (χ1) is 28.3. The second-order valence-corrected chi connectivity index (χ2v) is 16.1. The third kappa shape index (κ3) is 8.80. The van der Waals surface area contributed by atoms with E-state index in [0.29, 0.717) is 39.0 Å². The number of aliphatic hydroxyl groups excluding tert-OH is 1. The van der Waals surface area contributed by atoms with E-state index in [4.69, 9.17) is 17.8 Å². The number of rotatable bonds is 15. The fourth-order valence-electron chi connectivity index (χ4n) is 6.57. The van der Waals surface area contributed by atoms with Gasteiger partial charge in [0.05, 0.1) is 35.8 Å². The molecule has 0 spiro atoms. The predicted molar refractivity (Wildman–Crippen MR) is 214 cm³/mol. The molecular formula is C42H36F2N3O10S2-. The van der Waals surface area contributed by atoms with Crippen LogP contribution in [-0.4, -0.2) is 70.9 Å². The molecule has 306 valence electrons. The fourth-order valence-corrected chi connectivity index (χ4v) is 8.03. The van der Waals surface area contributed by atoms with Crippen molar-refractivity contribution in [3.8, 4) is 39.7 Å². The van der Waals surface area contributed by atoms with E-state index in [1.54, 1.807) is 55.5 Å². The zero-order chi connectivity index (χ0) is 42.0. The number of halogens is 2. The number of aromatic nitrogens is 1. The highest BCUT2D eigenvalue weighted by atomic mass is 32.2. The fraction of sp³-hybridized carbons (Fsp3) is 0.190. The second-order valence-electron chi connectivity index (χ2n) is 13.5. The summed E-state index contributed by atoms with van der Waals surface area (Å²) in [6, 6.07) is 23.9. The SMILES string of the molecule is CNC(=O)c1c(-c2ccc(F)cc2)oc2cc(CN(CC(O)CCOS(=O)(=O)c3ccc(C)cc3)S(=O)[O-])c(-c3ccc(OC)c(-c4nc5c(F)cccc5o4)c3)cc12. The van der Waals surface area contributed by atoms with Gasteiger partial charge in [0, 0.05) is 42.4 Å². The van der Waals surface area contributed by atoms with Crippen LogP contribution in [-0.2, 0) is 32.1 Å². The Morgan fingerprint density at radius 2 is 1.69 bits per heavy atom. The Hall–Kier alpha value is -5.82. The average molecular weight is 845 g/mol. The highest BCUT2D eigenvalue weighted by Gasteiger charge is 2.26. The summed E-state index contributed by atoms with van der Waals surface area (Å²) in [7, 11) is -1.25. The van der Waals surface area contributed by atoms with Crippen molar-refractivity contribution in [2.75, 3.05) is 27.3 Å². The van der Waals surface area contributed by atoms with E-state index < -0.39 is 58.2 Å². The summed E-state index contributed by atoms with van der Waals surface area (Å²) in [6.45, 7) is 0.591. The van der Waals surface area contributed by atoms with Gasteiger partial charge in [-0.15, -0.1) is 0 Å². The lowest BCUT2D eigenvalue weighted by molar-refractivity contribution is 0.0964. The van der Waals surface area contributed by atoms with Gasteiger partial charge in [-0.3, -0.25) is 13.2 Å². The van der Waals surface area contributed by atoms with Gasteiger partial charge in [0.2, 0.25) is 5.89 Å². The smallest absolute Gasteiger partial charge is 0.296 e. The maximum atomic E-state index is 14.7. The lowest BCUT2D eigenvalue weighted by atomic mass is 9.94. The number of furan rings is 1. The van der Waals surface area contributed by atoms with E-state index in [2.05, 4.69) is 10.3 Å². The van der Waals surface area contributed by atoms with Gasteiger partial charge in [-0.05, 0) is 103 Å². The molecule has 2 atom stereocenters. The Morgan fingerprint density at radius 1 is 0.966 bits per heavy atom. The number of oxazole rings is 1. The minimum atomic E-state index is -4.14. The van der Waals surface area contributed by atoms with Crippen LogP contribution in [0.4, 0.5) is 8.78 Å². The van der Waals surface area contributed by atoms with Crippen LogP contribution in [0.5, 0.6) is 5.75 Å². The largest absolute Gasteiger partial charge is 0.760 e. The first-order valence-electron chi connectivity index (χ1n) is 18.1. The van der Waals surface area contributed by atoms with E-state index in [0.717, 1.165) is 9.87 Å². The molecule has 0 aliphatic carbocycles. The summed E-state index contributed by atoms with van der Waals surface area (Å²) in [5.74, 6) is -1.11. The van der Waals surface area contributed by atoms with E-state index in [-0.39, 0.29) is 51.8 Å². The summed E-state index contributed by atoms with van der Waals surface area (Å²) >= 11 is -2.91. The number of amides is 1. The Kier molecular flexibility index (Phi) is 12.0. The molecule has 2 unspecified atom stereocenters. The van der Waals surface area contributed by atoms with Gasteiger partial charge in [0.1, 0.15) is 28.4 Å². The van der Waals surface area contributed by atoms with Crippen molar-refractivity contribution in [2.24, 2.45) is 0 Å². The van der Waals surface area contributed by atoms with Crippen molar-refractivity contribution in [3.05, 3.63) is 125 Å². The third-order valence-electron chi connectivity index (χ3n) is 9.56. The molecule has 7 aromatic rings. The van der Waals surface area contributed by atoms with E-state index in [9.17, 15) is 35.9 Å². The van der Waals surface area contributed by atoms with Gasteiger partial charge in [-0.25, -0.2) is 18.1 Å². The standard InChI is InChI=1S/C42H37F2N3O10S2/c1-24-7-14-30(15-8-24)59(52,53)55-18-17-29(48)23-47(58(50)51)22-27-20-37-32(38(41(49)45-2)40(56-37)25-9-12-28(43)13-10-25)21-31(27)26-11-16-35(54-3)33(19-26)42-46-39-34(44)5-4-6-36(39)57-42/h4-16,19-21,29,48H,17-18,22-23H2,1-3H3,(H,45,49)(H,50,51)/p-1. The molecule has 2 heterocycles. The van der Waals surface area contributed by atoms with Gasteiger partial charge in [-0.2, -0.15) is 8.42 Å². The first-order valence-corrected chi connectivity index (χ1v) is 20.5. The maximum Gasteiger partial charge on any atom is 0.296 e. The molecule has 0 saturated carbocycles. The second kappa shape index (κ2) is 17.2. The summed E-state index contributed by atoms with van der Waals surface area (Å²) in [4.78, 5) is 17.8. The molecule has 17 heteroatoms. The van der Waals surface area contributed by atoms with Crippen molar-refractivity contribution in [1.29, 1.82) is 0 Å². The number of nitrogens with one attached hydrogen (secondary N) is 1. The van der Waals surface area contributed by atoms with Crippen molar-refractivity contribution in [1.82, 2.24) is 14.6 Å². The summed E-state index contributed by atoms with van der Waals surface area (Å²) in [6.07, 6.45) is -1.58. The molecule has 0 fully saturated rings. The Morgan fingerprint density at radius 3 is 2.37 bits per heavy atom. The molecule has 7 rings (SSSR count). The van der Waals surface area contributed by atoms with Crippen LogP contribution in [0, 0.1) is 18.6 Å². The van der Waals surface area contributed by atoms with Crippen molar-refractivity contribution in [2.45, 2.75) is 30.9 Å². The van der Waals surface area contributed by atoms with Crippen molar-refractivity contribution in [3.63, 3.8) is 0 Å². The van der Waals surface area contributed by atoms with Crippen LogP contribution in [0.2, 0.25) is 0 Å². The quantitative estimate of drug-likeness (QED) is 0.0781. The van der Waals surface area contributed by atoms with Gasteiger partial charge < -0.3 is 28.5 Å². The lowest BCUT2D eigenvalue weighted by Gasteiger charge is -2.27. The van der Waals surface area contributed by atoms with Gasteiger partial charge in [0.25, 0.3) is 16.0 Å². The number of benzene rings is 5. The third-order valence-corrected chi connectivity index (χ3v) is 11.6. The highest BCUT2D eigenvalue weighted by molar-refractivity contribution is 7.86. The molecule has 1 amide bonds. The molecule has 2 aromatic heterocycles. The lowest BCUT2D eigenvalue weighted by Crippen LogP contribution is -2.34. The van der Waals surface area contributed by atoms with E-state index in [1.807, 2.05) is 0 Å². The Balaban J connectivity index is 1.29. The van der Waals surface area contributed by atoms with Gasteiger partial charge in [0.15, 0.2) is 11.4 Å². The number of hydrogen-bond acceptors (Lipinski definition) is 11. The Labute approximate surface area is 339 Å². The number of fused-ring (bicyclic) bond motifs is 2. The molecule has 13 nitrogen and oxygen atoms in total. The van der Waals surface area contributed by atoms with Crippen LogP contribution >= 0.6 is 0 Å². The van der Waals surface area contributed by atoms with E-state index >= 15 is 0 Å². The summed E-state index contributed by atoms with van der Waals surface area (Å²) in [5.41, 5.74) is 3.35. The van der Waals surface area contributed by atoms with Crippen LogP contribution in [0.25, 0.3) is 56.0 Å². The molecule has 0 bridgehead atoms. The van der Waals surface area contributed by atoms with Crippen molar-refractivity contribution >= 4 is 49.4 Å². The molecular weight excluding hydrogens is 809 g/mol. The maximum absolute atomic E-state index is 14.7. The number of hydrogen-bond donors (Lipinski definition) is 2. The number of carbonyl (C=O) groups excluding carboxylic acids is 1. The number of aliphatic hydroxyl groups is 1. The van der Waals surface area contributed by atoms with Crippen molar-refractivity contribution < 1.29 is 53.6 Å². The molecule has 2 N–H and O–H groups in total. The zero-order valence-corrected chi connectivity index (χ0v) is 33.4. The van der Waals surface area contributed by atoms with Crippen LogP contribution in [0.1, 0.15) is 27.9 Å². The number of para-hydroxylation sites is 1. The molecule has 0 saturated heterocycles. The molecule has 0 radical (unpaired) electrons. The normalized spacial score (nSPS) is 12.9. The minimum absolute atomic E-state index is 0.00396. The predicted octanol–water partition coefficient (Wildman–Crippen LogP) is 7.28. The van der Waals surface area contributed by atoms with Crippen LogP contribution in [0.15, 0.2) is 111 Å². The molecule has 5 aromatic carbocycles. The summed E-state index contributed by atoms with van der Waals surface area (Å²) < 4.78 is 103. The van der Waals surface area contributed by atoms with Gasteiger partial charge in [-0.1, -0.05) is 29.8 Å². The number of methoxy groups -OCH3 is 1. The minimum Gasteiger partial charge on any atom is -0.760 e. The van der Waals surface area contributed by atoms with Gasteiger partial charge >= 0.3 is 0 Å². The molecule has 59 heavy (non-hydrogen) atoms. The Bertz CT molecular complexity index is 2810. The first kappa shape index (κ1) is 41.3.